The molecule has 0 saturated carbocycles. The third-order valence-corrected chi connectivity index (χ3v) is 9.86. The van der Waals surface area contributed by atoms with Crippen LogP contribution in [0, 0.1) is 12.8 Å². The summed E-state index contributed by atoms with van der Waals surface area (Å²) in [7, 11) is 1.78. The van der Waals surface area contributed by atoms with E-state index in [0.29, 0.717) is 25.8 Å². The highest BCUT2D eigenvalue weighted by Gasteiger charge is 2.31. The minimum Gasteiger partial charge on any atom is -0.496 e. The first kappa shape index (κ1) is 31.5. The average Bonchev–Trinajstić information content (AvgIpc) is 3.53. The van der Waals surface area contributed by atoms with Gasteiger partial charge < -0.3 is 23.9 Å². The summed E-state index contributed by atoms with van der Waals surface area (Å²) in [4.78, 5) is 21.5. The SMILES string of the molecule is CCCC(CC)N1CCc2cc(COc3ccc(C)cc3-c3csc(N4CCC(C=O)C(OCC)C4)n3)cc(OC)c2C1. The Balaban J connectivity index is 1.32. The van der Waals surface area contributed by atoms with Gasteiger partial charge in [0.2, 0.25) is 0 Å². The highest BCUT2D eigenvalue weighted by Crippen LogP contribution is 2.37. The van der Waals surface area contributed by atoms with Gasteiger partial charge in [-0.05, 0) is 68.9 Å². The third kappa shape index (κ3) is 7.24. The first-order valence-corrected chi connectivity index (χ1v) is 16.8. The summed E-state index contributed by atoms with van der Waals surface area (Å²) in [6.45, 7) is 13.2. The van der Waals surface area contributed by atoms with Gasteiger partial charge in [-0.2, -0.15) is 0 Å². The zero-order chi connectivity index (χ0) is 30.3. The van der Waals surface area contributed by atoms with E-state index >= 15 is 0 Å². The molecule has 2 aromatic carbocycles. The molecular formula is C35H47N3O4S. The molecule has 3 aromatic rings. The fraction of sp³-hybridized carbons (Fsp3) is 0.543. The molecule has 7 nitrogen and oxygen atoms in total. The van der Waals surface area contributed by atoms with Crippen LogP contribution in [0.5, 0.6) is 11.5 Å². The van der Waals surface area contributed by atoms with E-state index in [-0.39, 0.29) is 12.0 Å². The molecule has 2 aliphatic heterocycles. The van der Waals surface area contributed by atoms with E-state index in [2.05, 4.69) is 66.3 Å². The maximum Gasteiger partial charge on any atom is 0.185 e. The predicted molar refractivity (Wildman–Crippen MR) is 175 cm³/mol. The number of rotatable bonds is 13. The summed E-state index contributed by atoms with van der Waals surface area (Å²) < 4.78 is 18.3. The number of hydrogen-bond acceptors (Lipinski definition) is 8. The molecule has 3 unspecified atom stereocenters. The molecule has 1 saturated heterocycles. The molecule has 1 fully saturated rings. The summed E-state index contributed by atoms with van der Waals surface area (Å²) in [5, 5.41) is 3.06. The van der Waals surface area contributed by atoms with Crippen LogP contribution >= 0.6 is 11.3 Å². The summed E-state index contributed by atoms with van der Waals surface area (Å²) in [5.74, 6) is 1.73. The van der Waals surface area contributed by atoms with Gasteiger partial charge in [-0.25, -0.2) is 4.98 Å². The second kappa shape index (κ2) is 14.7. The number of carbonyl (C=O) groups excluding carboxylic acids is 1. The van der Waals surface area contributed by atoms with Gasteiger partial charge in [0.25, 0.3) is 0 Å². The monoisotopic (exact) mass is 605 g/mol. The van der Waals surface area contributed by atoms with Crippen LogP contribution in [-0.4, -0.2) is 61.7 Å². The molecular weight excluding hydrogens is 558 g/mol. The van der Waals surface area contributed by atoms with Crippen molar-refractivity contribution in [3.05, 3.63) is 58.0 Å². The van der Waals surface area contributed by atoms with Gasteiger partial charge in [0.1, 0.15) is 24.4 Å². The lowest BCUT2D eigenvalue weighted by molar-refractivity contribution is -0.116. The number of fused-ring (bicyclic) bond motifs is 1. The molecule has 8 heteroatoms. The van der Waals surface area contributed by atoms with Crippen LogP contribution in [0.3, 0.4) is 0 Å². The van der Waals surface area contributed by atoms with E-state index in [1.807, 2.05) is 6.92 Å². The number of aryl methyl sites for hydroxylation is 1. The molecule has 0 amide bonds. The van der Waals surface area contributed by atoms with Gasteiger partial charge in [-0.3, -0.25) is 4.90 Å². The van der Waals surface area contributed by atoms with Crippen LogP contribution < -0.4 is 14.4 Å². The maximum atomic E-state index is 11.6. The Labute approximate surface area is 261 Å². The van der Waals surface area contributed by atoms with E-state index in [1.165, 1.54) is 30.4 Å². The predicted octanol–water partition coefficient (Wildman–Crippen LogP) is 7.07. The van der Waals surface area contributed by atoms with Gasteiger partial charge in [-0.15, -0.1) is 11.3 Å². The number of ether oxygens (including phenoxy) is 3. The maximum absolute atomic E-state index is 11.6. The molecule has 1 aromatic heterocycles. The van der Waals surface area contributed by atoms with Gasteiger partial charge in [-0.1, -0.05) is 38.0 Å². The molecule has 0 N–H and O–H groups in total. The zero-order valence-electron chi connectivity index (χ0n) is 26.4. The first-order chi connectivity index (χ1) is 21.0. The Morgan fingerprint density at radius 2 is 2.00 bits per heavy atom. The fourth-order valence-corrected chi connectivity index (χ4v) is 7.45. The van der Waals surface area contributed by atoms with E-state index in [4.69, 9.17) is 19.2 Å². The average molecular weight is 606 g/mol. The summed E-state index contributed by atoms with van der Waals surface area (Å²) in [6.07, 6.45) is 6.40. The van der Waals surface area contributed by atoms with E-state index in [0.717, 1.165) is 77.8 Å². The molecule has 43 heavy (non-hydrogen) atoms. The molecule has 0 spiro atoms. The van der Waals surface area contributed by atoms with Crippen molar-refractivity contribution in [3.8, 4) is 22.8 Å². The Kier molecular flexibility index (Phi) is 10.8. The molecule has 5 rings (SSSR count). The van der Waals surface area contributed by atoms with Crippen molar-refractivity contribution < 1.29 is 19.0 Å². The molecule has 232 valence electrons. The molecule has 3 atom stereocenters. The van der Waals surface area contributed by atoms with E-state index in [1.54, 1.807) is 18.4 Å². The largest absolute Gasteiger partial charge is 0.496 e. The lowest BCUT2D eigenvalue weighted by Gasteiger charge is -2.36. The van der Waals surface area contributed by atoms with Crippen LogP contribution in [0.1, 0.15) is 68.7 Å². The zero-order valence-corrected chi connectivity index (χ0v) is 27.3. The van der Waals surface area contributed by atoms with Crippen LogP contribution in [0.4, 0.5) is 5.13 Å². The normalized spacial score (nSPS) is 19.6. The number of hydrogen-bond donors (Lipinski definition) is 0. The molecule has 0 radical (unpaired) electrons. The second-order valence-corrected chi connectivity index (χ2v) is 12.7. The third-order valence-electron chi connectivity index (χ3n) is 8.95. The quantitative estimate of drug-likeness (QED) is 0.193. The van der Waals surface area contributed by atoms with Crippen molar-refractivity contribution in [1.29, 1.82) is 0 Å². The van der Waals surface area contributed by atoms with Gasteiger partial charge in [0.15, 0.2) is 5.13 Å². The molecule has 2 aliphatic rings. The first-order valence-electron chi connectivity index (χ1n) is 15.9. The van der Waals surface area contributed by atoms with Crippen molar-refractivity contribution >= 4 is 22.8 Å². The Morgan fingerprint density at radius 1 is 1.14 bits per heavy atom. The smallest absolute Gasteiger partial charge is 0.185 e. The van der Waals surface area contributed by atoms with Crippen molar-refractivity contribution in [3.63, 3.8) is 0 Å². The Bertz CT molecular complexity index is 1360. The number of anilines is 1. The molecule has 3 heterocycles. The minimum atomic E-state index is -0.0949. The van der Waals surface area contributed by atoms with Gasteiger partial charge in [0.05, 0.1) is 18.9 Å². The number of carbonyl (C=O) groups is 1. The minimum absolute atomic E-state index is 0.0529. The number of methoxy groups -OCH3 is 1. The number of aromatic nitrogens is 1. The number of piperidine rings is 1. The summed E-state index contributed by atoms with van der Waals surface area (Å²) >= 11 is 1.63. The standard InChI is InChI=1S/C35H47N3O4S/c1-6-9-28(7-2)37-14-12-26-17-25(18-33(40-5)30(26)19-37)22-42-32-11-10-24(4)16-29(32)31-23-43-35(36-31)38-15-13-27(21-39)34(20-38)41-8-3/h10-11,16-18,21,23,27-28,34H,6-9,12-15,19-20,22H2,1-5H3. The van der Waals surface area contributed by atoms with Crippen LogP contribution in [-0.2, 0) is 29.1 Å². The van der Waals surface area contributed by atoms with Crippen LogP contribution in [0.25, 0.3) is 11.3 Å². The molecule has 0 aliphatic carbocycles. The van der Waals surface area contributed by atoms with Gasteiger partial charge >= 0.3 is 0 Å². The topological polar surface area (TPSA) is 64.1 Å². The number of aldehydes is 1. The summed E-state index contributed by atoms with van der Waals surface area (Å²) in [6, 6.07) is 11.4. The number of nitrogens with zero attached hydrogens (tertiary/aromatic N) is 3. The van der Waals surface area contributed by atoms with Crippen molar-refractivity contribution in [2.45, 2.75) is 85.1 Å². The van der Waals surface area contributed by atoms with Gasteiger partial charge in [0, 0.05) is 61.3 Å². The number of thiazole rings is 1. The lowest BCUT2D eigenvalue weighted by atomic mass is 9.94. The molecule has 0 bridgehead atoms. The van der Waals surface area contributed by atoms with E-state index in [9.17, 15) is 4.79 Å². The van der Waals surface area contributed by atoms with E-state index < -0.39 is 0 Å². The Morgan fingerprint density at radius 3 is 2.74 bits per heavy atom. The van der Waals surface area contributed by atoms with Crippen LogP contribution in [0.2, 0.25) is 0 Å². The van der Waals surface area contributed by atoms with Crippen molar-refractivity contribution in [2.75, 3.05) is 38.3 Å². The summed E-state index contributed by atoms with van der Waals surface area (Å²) in [5.41, 5.74) is 6.88. The van der Waals surface area contributed by atoms with Crippen molar-refractivity contribution in [2.24, 2.45) is 5.92 Å². The highest BCUT2D eigenvalue weighted by molar-refractivity contribution is 7.14. The van der Waals surface area contributed by atoms with Crippen LogP contribution in [0.15, 0.2) is 35.7 Å². The number of benzene rings is 2. The highest BCUT2D eigenvalue weighted by atomic mass is 32.1. The Hall–Kier alpha value is -2.94. The van der Waals surface area contributed by atoms with Crippen molar-refractivity contribution in [1.82, 2.24) is 9.88 Å². The second-order valence-electron chi connectivity index (χ2n) is 11.8. The fourth-order valence-electron chi connectivity index (χ4n) is 6.59. The lowest BCUT2D eigenvalue weighted by Crippen LogP contribution is -2.45.